The molecule has 8 nitrogen and oxygen atoms in total. The molecule has 1 unspecified atom stereocenters. The number of hydrogen-bond donors (Lipinski definition) is 2. The zero-order chi connectivity index (χ0) is 26.8. The van der Waals surface area contributed by atoms with Crippen LogP contribution in [0.1, 0.15) is 40.0 Å². The number of nitrogens with zero attached hydrogens (tertiary/aromatic N) is 4. The predicted octanol–water partition coefficient (Wildman–Crippen LogP) is 5.61. The first kappa shape index (κ1) is 25.0. The lowest BCUT2D eigenvalue weighted by Gasteiger charge is -2.25. The Kier molecular flexibility index (Phi) is 6.79. The number of hydrogen-bond acceptors (Lipinski definition) is 5. The molecule has 1 saturated heterocycles. The van der Waals surface area contributed by atoms with Crippen molar-refractivity contribution in [2.45, 2.75) is 26.8 Å². The summed E-state index contributed by atoms with van der Waals surface area (Å²) in [6.07, 6.45) is 5.20. The summed E-state index contributed by atoms with van der Waals surface area (Å²) in [5.74, 6) is 0.225. The SMILES string of the molecule is Cc1c(C(N)=O)ccc(-c2ccc(Nc3cncc(N4CCN(C(C)c5ccccc5)C4=O)c3)nc2)c1C. The van der Waals surface area contributed by atoms with E-state index in [2.05, 4.69) is 22.2 Å². The number of carbonyl (C=O) groups excluding carboxylic acids is 2. The predicted molar refractivity (Wildman–Crippen MR) is 149 cm³/mol. The van der Waals surface area contributed by atoms with Crippen LogP contribution in [0.25, 0.3) is 11.1 Å². The van der Waals surface area contributed by atoms with Crippen molar-refractivity contribution < 1.29 is 9.59 Å². The fourth-order valence-corrected chi connectivity index (χ4v) is 4.88. The Morgan fingerprint density at radius 1 is 0.974 bits per heavy atom. The molecule has 0 spiro atoms. The Balaban J connectivity index is 1.30. The first-order chi connectivity index (χ1) is 18.3. The van der Waals surface area contributed by atoms with Crippen molar-refractivity contribution in [2.75, 3.05) is 23.3 Å². The van der Waals surface area contributed by atoms with Crippen molar-refractivity contribution in [3.63, 3.8) is 0 Å². The lowest BCUT2D eigenvalue weighted by molar-refractivity contribution is 0.0999. The van der Waals surface area contributed by atoms with Gasteiger partial charge < -0.3 is 16.0 Å². The highest BCUT2D eigenvalue weighted by atomic mass is 16.2. The van der Waals surface area contributed by atoms with Gasteiger partial charge in [0.1, 0.15) is 5.82 Å². The fraction of sp³-hybridized carbons (Fsp3) is 0.200. The van der Waals surface area contributed by atoms with Gasteiger partial charge in [0.25, 0.3) is 0 Å². The normalized spacial score (nSPS) is 14.0. The number of amides is 3. The van der Waals surface area contributed by atoms with Crippen molar-refractivity contribution in [3.05, 3.63) is 102 Å². The van der Waals surface area contributed by atoms with E-state index in [1.165, 1.54) is 0 Å². The second-order valence-corrected chi connectivity index (χ2v) is 9.48. The summed E-state index contributed by atoms with van der Waals surface area (Å²) in [5.41, 5.74) is 12.4. The maximum absolute atomic E-state index is 13.2. The van der Waals surface area contributed by atoms with E-state index in [1.807, 2.05) is 73.3 Å². The molecule has 2 aromatic heterocycles. The Hall–Kier alpha value is -4.72. The first-order valence-corrected chi connectivity index (χ1v) is 12.5. The number of anilines is 3. The molecule has 3 amide bonds. The maximum atomic E-state index is 13.2. The van der Waals surface area contributed by atoms with Gasteiger partial charge in [-0.05, 0) is 67.3 Å². The van der Waals surface area contributed by atoms with Gasteiger partial charge in [0.15, 0.2) is 0 Å². The second kappa shape index (κ2) is 10.3. The number of rotatable bonds is 7. The average Bonchev–Trinajstić information content (AvgIpc) is 3.32. The van der Waals surface area contributed by atoms with Crippen molar-refractivity contribution in [3.8, 4) is 11.1 Å². The van der Waals surface area contributed by atoms with Crippen molar-refractivity contribution >= 4 is 29.1 Å². The monoisotopic (exact) mass is 506 g/mol. The van der Waals surface area contributed by atoms with Crippen LogP contribution in [0.4, 0.5) is 22.0 Å². The first-order valence-electron chi connectivity index (χ1n) is 12.5. The third kappa shape index (κ3) is 4.80. The highest BCUT2D eigenvalue weighted by Crippen LogP contribution is 2.30. The molecule has 1 aliphatic rings. The minimum absolute atomic E-state index is 0.00916. The van der Waals surface area contributed by atoms with Crippen LogP contribution in [-0.4, -0.2) is 39.9 Å². The molecule has 5 rings (SSSR count). The lowest BCUT2D eigenvalue weighted by atomic mass is 9.94. The van der Waals surface area contributed by atoms with Crippen LogP contribution in [0.5, 0.6) is 0 Å². The summed E-state index contributed by atoms with van der Waals surface area (Å²) < 4.78 is 0. The second-order valence-electron chi connectivity index (χ2n) is 9.48. The summed E-state index contributed by atoms with van der Waals surface area (Å²) in [7, 11) is 0. The molecular formula is C30H30N6O2. The maximum Gasteiger partial charge on any atom is 0.325 e. The molecule has 0 aliphatic carbocycles. The van der Waals surface area contributed by atoms with Crippen molar-refractivity contribution in [1.29, 1.82) is 0 Å². The average molecular weight is 507 g/mol. The third-order valence-corrected chi connectivity index (χ3v) is 7.23. The molecule has 0 radical (unpaired) electrons. The van der Waals surface area contributed by atoms with E-state index in [0.717, 1.165) is 39.2 Å². The molecule has 1 atom stereocenters. The summed E-state index contributed by atoms with van der Waals surface area (Å²) in [4.78, 5) is 37.5. The van der Waals surface area contributed by atoms with Gasteiger partial charge in [-0.1, -0.05) is 36.4 Å². The zero-order valence-corrected chi connectivity index (χ0v) is 21.7. The van der Waals surface area contributed by atoms with Gasteiger partial charge in [-0.15, -0.1) is 0 Å². The molecule has 0 saturated carbocycles. The van der Waals surface area contributed by atoms with E-state index in [1.54, 1.807) is 29.6 Å². The van der Waals surface area contributed by atoms with Crippen molar-refractivity contribution in [1.82, 2.24) is 14.9 Å². The standard InChI is InChI=1S/C30H30N6O2/c1-19-20(2)27(29(31)37)11-10-26(19)23-9-12-28(33-16-23)34-24-15-25(18-32-17-24)36-14-13-35(30(36)38)21(3)22-7-5-4-6-8-22/h4-12,15-18,21H,13-14H2,1-3H3,(H2,31,37)(H,33,34). The van der Waals surface area contributed by atoms with Gasteiger partial charge in [-0.2, -0.15) is 0 Å². The quantitative estimate of drug-likeness (QED) is 0.339. The molecule has 3 N–H and O–H groups in total. The molecular weight excluding hydrogens is 476 g/mol. The summed E-state index contributed by atoms with van der Waals surface area (Å²) in [6.45, 7) is 7.17. The number of nitrogens with one attached hydrogen (secondary N) is 1. The topological polar surface area (TPSA) is 104 Å². The smallest absolute Gasteiger partial charge is 0.325 e. The van der Waals surface area contributed by atoms with Crippen LogP contribution in [0.15, 0.2) is 79.3 Å². The van der Waals surface area contributed by atoms with Gasteiger partial charge in [0.05, 0.1) is 29.8 Å². The highest BCUT2D eigenvalue weighted by Gasteiger charge is 2.33. The summed E-state index contributed by atoms with van der Waals surface area (Å²) in [6, 6.07) is 19.4. The minimum Gasteiger partial charge on any atom is -0.366 e. The molecule has 192 valence electrons. The van der Waals surface area contributed by atoms with Gasteiger partial charge in [0.2, 0.25) is 5.91 Å². The van der Waals surface area contributed by atoms with Gasteiger partial charge in [-0.25, -0.2) is 9.78 Å². The van der Waals surface area contributed by atoms with E-state index in [9.17, 15) is 9.59 Å². The number of benzene rings is 2. The fourth-order valence-electron chi connectivity index (χ4n) is 4.88. The van der Waals surface area contributed by atoms with Gasteiger partial charge in [-0.3, -0.25) is 14.7 Å². The van der Waals surface area contributed by atoms with Crippen LogP contribution in [0, 0.1) is 13.8 Å². The zero-order valence-electron chi connectivity index (χ0n) is 21.7. The molecule has 1 fully saturated rings. The molecule has 3 heterocycles. The molecule has 8 heteroatoms. The number of pyridine rings is 2. The molecule has 0 bridgehead atoms. The van der Waals surface area contributed by atoms with E-state index in [4.69, 9.17) is 5.73 Å². The summed E-state index contributed by atoms with van der Waals surface area (Å²) in [5, 5.41) is 3.28. The third-order valence-electron chi connectivity index (χ3n) is 7.23. The Bertz CT molecular complexity index is 1490. The number of primary amides is 1. The van der Waals surface area contributed by atoms with E-state index in [-0.39, 0.29) is 12.1 Å². The molecule has 4 aromatic rings. The van der Waals surface area contributed by atoms with E-state index < -0.39 is 5.91 Å². The van der Waals surface area contributed by atoms with Crippen LogP contribution in [-0.2, 0) is 0 Å². The van der Waals surface area contributed by atoms with Crippen LogP contribution >= 0.6 is 0 Å². The summed E-state index contributed by atoms with van der Waals surface area (Å²) >= 11 is 0. The Morgan fingerprint density at radius 3 is 2.47 bits per heavy atom. The largest absolute Gasteiger partial charge is 0.366 e. The number of aromatic nitrogens is 2. The molecule has 2 aromatic carbocycles. The number of carbonyl (C=O) groups is 2. The minimum atomic E-state index is -0.431. The highest BCUT2D eigenvalue weighted by molar-refractivity contribution is 5.96. The molecule has 1 aliphatic heterocycles. The van der Waals surface area contributed by atoms with E-state index in [0.29, 0.717) is 24.5 Å². The van der Waals surface area contributed by atoms with Gasteiger partial charge >= 0.3 is 6.03 Å². The Labute approximate surface area is 222 Å². The van der Waals surface area contributed by atoms with Crippen molar-refractivity contribution in [2.24, 2.45) is 5.73 Å². The molecule has 38 heavy (non-hydrogen) atoms. The van der Waals surface area contributed by atoms with Gasteiger partial charge in [0, 0.05) is 30.4 Å². The Morgan fingerprint density at radius 2 is 1.76 bits per heavy atom. The number of urea groups is 1. The van der Waals surface area contributed by atoms with E-state index >= 15 is 0 Å². The van der Waals surface area contributed by atoms with Crippen LogP contribution < -0.4 is 16.0 Å². The van der Waals surface area contributed by atoms with Crippen LogP contribution in [0.2, 0.25) is 0 Å². The lowest BCUT2D eigenvalue weighted by Crippen LogP contribution is -2.33. The number of nitrogens with two attached hydrogens (primary N) is 1. The van der Waals surface area contributed by atoms with Crippen LogP contribution in [0.3, 0.4) is 0 Å².